The van der Waals surface area contributed by atoms with E-state index in [0.29, 0.717) is 17.3 Å². The second-order valence-electron chi connectivity index (χ2n) is 7.34. The smallest absolute Gasteiger partial charge is 0.237 e. The maximum atomic E-state index is 12.7. The van der Waals surface area contributed by atoms with Crippen molar-refractivity contribution in [1.29, 1.82) is 5.26 Å². The fourth-order valence-electron chi connectivity index (χ4n) is 3.45. The number of hydrogen-bond donors (Lipinski definition) is 1. The molecule has 1 aromatic carbocycles. The molecule has 28 heavy (non-hydrogen) atoms. The molecule has 1 amide bonds. The minimum absolute atomic E-state index is 0.141. The van der Waals surface area contributed by atoms with Crippen molar-refractivity contribution in [3.8, 4) is 6.07 Å². The zero-order chi connectivity index (χ0) is 19.5. The Bertz CT molecular complexity index is 894. The van der Waals surface area contributed by atoms with Crippen LogP contribution in [0.5, 0.6) is 0 Å². The predicted molar refractivity (Wildman–Crippen MR) is 109 cm³/mol. The van der Waals surface area contributed by atoms with Gasteiger partial charge in [0.05, 0.1) is 16.5 Å². The van der Waals surface area contributed by atoms with Crippen molar-refractivity contribution < 1.29 is 4.79 Å². The Balaban J connectivity index is 1.48. The van der Waals surface area contributed by atoms with Gasteiger partial charge in [0.15, 0.2) is 5.16 Å². The van der Waals surface area contributed by atoms with E-state index >= 15 is 0 Å². The summed E-state index contributed by atoms with van der Waals surface area (Å²) in [5.74, 6) is 0.810. The lowest BCUT2D eigenvalue weighted by atomic mass is 10.1. The van der Waals surface area contributed by atoms with Crippen LogP contribution in [0.4, 0.5) is 11.6 Å². The van der Waals surface area contributed by atoms with E-state index < -0.39 is 0 Å². The Kier molecular flexibility index (Phi) is 5.53. The summed E-state index contributed by atoms with van der Waals surface area (Å²) in [4.78, 5) is 15.0. The number of para-hydroxylation sites is 1. The number of nitrogens with zero attached hydrogens (tertiary/aromatic N) is 5. The molecular weight excluding hydrogens is 372 g/mol. The van der Waals surface area contributed by atoms with Crippen LogP contribution in [0.3, 0.4) is 0 Å². The topological polar surface area (TPSA) is 86.8 Å². The van der Waals surface area contributed by atoms with Gasteiger partial charge in [-0.1, -0.05) is 23.9 Å². The maximum absolute atomic E-state index is 12.7. The summed E-state index contributed by atoms with van der Waals surface area (Å²) in [6, 6.07) is 9.59. The number of nitriles is 1. The first-order valence-corrected chi connectivity index (χ1v) is 10.7. The number of amides is 1. The molecule has 0 radical (unpaired) electrons. The maximum Gasteiger partial charge on any atom is 0.237 e. The van der Waals surface area contributed by atoms with Gasteiger partial charge < -0.3 is 10.2 Å². The molecule has 1 atom stereocenters. The molecule has 1 N–H and O–H groups in total. The molecule has 2 aromatic rings. The molecule has 1 saturated carbocycles. The van der Waals surface area contributed by atoms with Crippen LogP contribution in [0.15, 0.2) is 29.4 Å². The number of carbonyl (C=O) groups is 1. The summed E-state index contributed by atoms with van der Waals surface area (Å²) in [6.45, 7) is 3.91. The largest absolute Gasteiger partial charge is 0.341 e. The van der Waals surface area contributed by atoms with Crippen molar-refractivity contribution in [2.45, 2.75) is 55.5 Å². The lowest BCUT2D eigenvalue weighted by molar-refractivity contribution is -0.115. The quantitative estimate of drug-likeness (QED) is 0.751. The second-order valence-corrected chi connectivity index (χ2v) is 8.65. The van der Waals surface area contributed by atoms with Crippen molar-refractivity contribution in [3.05, 3.63) is 29.8 Å². The van der Waals surface area contributed by atoms with Crippen LogP contribution in [-0.2, 0) is 4.79 Å². The van der Waals surface area contributed by atoms with Crippen molar-refractivity contribution >= 4 is 29.3 Å². The molecule has 2 fully saturated rings. The van der Waals surface area contributed by atoms with Gasteiger partial charge in [-0.2, -0.15) is 5.26 Å². The summed E-state index contributed by atoms with van der Waals surface area (Å²) < 4.78 is 2.23. The van der Waals surface area contributed by atoms with E-state index in [2.05, 4.69) is 31.1 Å². The van der Waals surface area contributed by atoms with Crippen LogP contribution in [0.25, 0.3) is 0 Å². The first-order chi connectivity index (χ1) is 13.7. The van der Waals surface area contributed by atoms with Crippen LogP contribution in [0.2, 0.25) is 0 Å². The standard InChI is InChI=1S/C20H24N6OS/c1-14(18(27)22-17-8-4-3-7-15(17)13-21)28-20-24-23-19(26(20)16-9-10-16)25-11-5-2-6-12-25/h3-4,7-8,14,16H,2,5-6,9-12H2,1H3,(H,22,27). The molecule has 2 aliphatic rings. The number of rotatable bonds is 6. The van der Waals surface area contributed by atoms with Gasteiger partial charge in [0, 0.05) is 19.1 Å². The number of carbonyl (C=O) groups excluding carboxylic acids is 1. The van der Waals surface area contributed by atoms with Crippen molar-refractivity contribution in [3.63, 3.8) is 0 Å². The van der Waals surface area contributed by atoms with Crippen molar-refractivity contribution in [1.82, 2.24) is 14.8 Å². The number of piperidine rings is 1. The van der Waals surface area contributed by atoms with Crippen LogP contribution in [0.1, 0.15) is 50.6 Å². The number of anilines is 2. The van der Waals surface area contributed by atoms with Gasteiger partial charge in [0.1, 0.15) is 6.07 Å². The predicted octanol–water partition coefficient (Wildman–Crippen LogP) is 3.59. The normalized spacial score (nSPS) is 17.8. The van der Waals surface area contributed by atoms with Crippen molar-refractivity contribution in [2.75, 3.05) is 23.3 Å². The number of hydrogen-bond acceptors (Lipinski definition) is 6. The Morgan fingerprint density at radius 1 is 1.25 bits per heavy atom. The van der Waals surface area contributed by atoms with Gasteiger partial charge in [-0.25, -0.2) is 0 Å². The van der Waals surface area contributed by atoms with E-state index in [9.17, 15) is 10.1 Å². The molecule has 0 spiro atoms. The monoisotopic (exact) mass is 396 g/mol. The molecule has 7 nitrogen and oxygen atoms in total. The molecule has 146 valence electrons. The molecule has 1 aliphatic heterocycles. The van der Waals surface area contributed by atoms with Gasteiger partial charge in [-0.05, 0) is 51.2 Å². The SMILES string of the molecule is CC(Sc1nnc(N2CCCCC2)n1C1CC1)C(=O)Nc1ccccc1C#N. The Morgan fingerprint density at radius 2 is 2.00 bits per heavy atom. The van der Waals surface area contributed by atoms with Crippen LogP contribution in [-0.4, -0.2) is 39.0 Å². The van der Waals surface area contributed by atoms with Crippen LogP contribution < -0.4 is 10.2 Å². The second kappa shape index (κ2) is 8.23. The Labute approximate surface area is 169 Å². The minimum atomic E-state index is -0.345. The fourth-order valence-corrected chi connectivity index (χ4v) is 4.36. The summed E-state index contributed by atoms with van der Waals surface area (Å²) in [5, 5.41) is 21.4. The highest BCUT2D eigenvalue weighted by Gasteiger charge is 2.33. The van der Waals surface area contributed by atoms with Gasteiger partial charge in [-0.15, -0.1) is 10.2 Å². The van der Waals surface area contributed by atoms with E-state index in [-0.39, 0.29) is 11.2 Å². The molecule has 1 aliphatic carbocycles. The fraction of sp³-hybridized carbons (Fsp3) is 0.500. The molecule has 1 saturated heterocycles. The summed E-state index contributed by atoms with van der Waals surface area (Å²) in [6.07, 6.45) is 5.94. The molecule has 4 rings (SSSR count). The first kappa shape index (κ1) is 18.8. The van der Waals surface area contributed by atoms with Crippen LogP contribution in [0, 0.1) is 11.3 Å². The number of thioether (sulfide) groups is 1. The molecule has 8 heteroatoms. The third-order valence-electron chi connectivity index (χ3n) is 5.15. The number of benzene rings is 1. The van der Waals surface area contributed by atoms with Crippen LogP contribution >= 0.6 is 11.8 Å². The number of nitrogens with one attached hydrogen (secondary N) is 1. The number of aromatic nitrogens is 3. The van der Waals surface area contributed by atoms with Crippen molar-refractivity contribution in [2.24, 2.45) is 0 Å². The summed E-state index contributed by atoms with van der Waals surface area (Å²) >= 11 is 1.43. The van der Waals surface area contributed by atoms with E-state index in [0.717, 1.165) is 37.0 Å². The van der Waals surface area contributed by atoms with Gasteiger partial charge >= 0.3 is 0 Å². The first-order valence-electron chi connectivity index (χ1n) is 9.84. The highest BCUT2D eigenvalue weighted by atomic mass is 32.2. The van der Waals surface area contributed by atoms with E-state index in [1.807, 2.05) is 13.0 Å². The van der Waals surface area contributed by atoms with E-state index in [1.165, 1.54) is 31.0 Å². The average molecular weight is 397 g/mol. The van der Waals surface area contributed by atoms with Gasteiger partial charge in [0.25, 0.3) is 0 Å². The Hall–Kier alpha value is -2.53. The average Bonchev–Trinajstić information content (AvgIpc) is 3.49. The van der Waals surface area contributed by atoms with E-state index in [4.69, 9.17) is 0 Å². The molecule has 0 bridgehead atoms. The third-order valence-corrected chi connectivity index (χ3v) is 6.21. The minimum Gasteiger partial charge on any atom is -0.341 e. The van der Waals surface area contributed by atoms with E-state index in [1.54, 1.807) is 18.2 Å². The highest BCUT2D eigenvalue weighted by molar-refractivity contribution is 8.00. The third kappa shape index (κ3) is 3.99. The zero-order valence-corrected chi connectivity index (χ0v) is 16.8. The Morgan fingerprint density at radius 3 is 2.71 bits per heavy atom. The molecule has 1 aromatic heterocycles. The van der Waals surface area contributed by atoms with Gasteiger partial charge in [0.2, 0.25) is 11.9 Å². The molecule has 1 unspecified atom stereocenters. The summed E-state index contributed by atoms with van der Waals surface area (Å²) in [7, 11) is 0. The summed E-state index contributed by atoms with van der Waals surface area (Å²) in [5.41, 5.74) is 1.00. The molecular formula is C20H24N6OS. The zero-order valence-electron chi connectivity index (χ0n) is 16.0. The lowest BCUT2D eigenvalue weighted by Crippen LogP contribution is -2.32. The highest BCUT2D eigenvalue weighted by Crippen LogP contribution is 2.42. The van der Waals surface area contributed by atoms with Gasteiger partial charge in [-0.3, -0.25) is 9.36 Å². The molecule has 2 heterocycles. The lowest BCUT2D eigenvalue weighted by Gasteiger charge is -2.28.